The first-order chi connectivity index (χ1) is 8.59. The molecule has 0 aliphatic heterocycles. The molecule has 4 heteroatoms. The number of carbonyl (C=O) groups is 1. The maximum atomic E-state index is 11.3. The van der Waals surface area contributed by atoms with E-state index in [0.29, 0.717) is 11.6 Å². The number of hydrogen-bond acceptors (Lipinski definition) is 2. The molecular weight excluding hydrogens is 294 g/mol. The van der Waals surface area contributed by atoms with Crippen molar-refractivity contribution in [3.8, 4) is 0 Å². The van der Waals surface area contributed by atoms with Crippen LogP contribution in [0, 0.1) is 0 Å². The van der Waals surface area contributed by atoms with Crippen molar-refractivity contribution in [3.63, 3.8) is 0 Å². The van der Waals surface area contributed by atoms with Gasteiger partial charge in [-0.15, -0.1) is 0 Å². The Morgan fingerprint density at radius 2 is 2.00 bits per heavy atom. The van der Waals surface area contributed by atoms with Crippen molar-refractivity contribution in [1.29, 1.82) is 0 Å². The molecule has 0 amide bonds. The number of anilines is 1. The monoisotopic (exact) mass is 311 g/mol. The summed E-state index contributed by atoms with van der Waals surface area (Å²) in [6, 6.07) is 5.81. The van der Waals surface area contributed by atoms with E-state index in [1.165, 1.54) is 19.3 Å². The van der Waals surface area contributed by atoms with E-state index in [0.717, 1.165) is 23.0 Å². The summed E-state index contributed by atoms with van der Waals surface area (Å²) in [5, 5.41) is 9.26. The van der Waals surface area contributed by atoms with Crippen LogP contribution in [-0.4, -0.2) is 24.2 Å². The number of halogens is 1. The fourth-order valence-electron chi connectivity index (χ4n) is 2.64. The molecule has 0 saturated heterocycles. The van der Waals surface area contributed by atoms with Gasteiger partial charge in [0.15, 0.2) is 0 Å². The minimum absolute atomic E-state index is 0.381. The van der Waals surface area contributed by atoms with Gasteiger partial charge in [-0.25, -0.2) is 4.79 Å². The highest BCUT2D eigenvalue weighted by Crippen LogP contribution is 2.30. The molecule has 1 aliphatic rings. The number of nitrogens with zero attached hydrogens (tertiary/aromatic N) is 1. The van der Waals surface area contributed by atoms with Gasteiger partial charge in [-0.1, -0.05) is 35.2 Å². The van der Waals surface area contributed by atoms with Crippen molar-refractivity contribution in [2.24, 2.45) is 0 Å². The topological polar surface area (TPSA) is 40.5 Å². The average Bonchev–Trinajstić information content (AvgIpc) is 2.38. The van der Waals surface area contributed by atoms with Crippen molar-refractivity contribution in [3.05, 3.63) is 28.2 Å². The van der Waals surface area contributed by atoms with E-state index in [9.17, 15) is 9.90 Å². The smallest absolute Gasteiger partial charge is 0.337 e. The molecule has 0 aromatic heterocycles. The summed E-state index contributed by atoms with van der Waals surface area (Å²) in [4.78, 5) is 13.4. The van der Waals surface area contributed by atoms with Crippen LogP contribution in [0.1, 0.15) is 42.5 Å². The molecule has 0 spiro atoms. The molecule has 98 valence electrons. The van der Waals surface area contributed by atoms with Gasteiger partial charge in [0.05, 0.1) is 11.3 Å². The summed E-state index contributed by atoms with van der Waals surface area (Å²) >= 11 is 3.42. The van der Waals surface area contributed by atoms with Crippen LogP contribution in [0.15, 0.2) is 22.7 Å². The lowest BCUT2D eigenvalue weighted by molar-refractivity contribution is 0.0697. The molecule has 1 fully saturated rings. The lowest BCUT2D eigenvalue weighted by Gasteiger charge is -2.33. The lowest BCUT2D eigenvalue weighted by Crippen LogP contribution is -2.34. The van der Waals surface area contributed by atoms with Gasteiger partial charge in [-0.2, -0.15) is 0 Å². The minimum atomic E-state index is -0.861. The summed E-state index contributed by atoms with van der Waals surface area (Å²) in [6.07, 6.45) is 6.09. The number of aromatic carboxylic acids is 1. The second kappa shape index (κ2) is 5.74. The number of carboxylic acid groups (broad SMARTS) is 1. The lowest BCUT2D eigenvalue weighted by atomic mass is 9.94. The van der Waals surface area contributed by atoms with Crippen LogP contribution in [-0.2, 0) is 0 Å². The number of carboxylic acids is 1. The maximum absolute atomic E-state index is 11.3. The predicted molar refractivity (Wildman–Crippen MR) is 76.4 cm³/mol. The molecule has 18 heavy (non-hydrogen) atoms. The van der Waals surface area contributed by atoms with Crippen molar-refractivity contribution in [1.82, 2.24) is 0 Å². The minimum Gasteiger partial charge on any atom is -0.478 e. The van der Waals surface area contributed by atoms with Gasteiger partial charge >= 0.3 is 5.97 Å². The molecule has 1 aromatic carbocycles. The highest BCUT2D eigenvalue weighted by molar-refractivity contribution is 9.10. The molecule has 1 aliphatic carbocycles. The molecule has 0 atom stereocenters. The Kier molecular flexibility index (Phi) is 4.27. The Morgan fingerprint density at radius 3 is 2.61 bits per heavy atom. The molecule has 1 aromatic rings. The number of hydrogen-bond donors (Lipinski definition) is 1. The summed E-state index contributed by atoms with van der Waals surface area (Å²) < 4.78 is 0.921. The van der Waals surface area contributed by atoms with E-state index in [1.54, 1.807) is 12.1 Å². The SMILES string of the molecule is CN(c1cc(Br)ccc1C(=O)O)C1CCCCC1. The molecule has 0 unspecified atom stereocenters. The van der Waals surface area contributed by atoms with Crippen LogP contribution in [0.5, 0.6) is 0 Å². The van der Waals surface area contributed by atoms with E-state index < -0.39 is 5.97 Å². The van der Waals surface area contributed by atoms with Gasteiger partial charge in [0.25, 0.3) is 0 Å². The third-order valence-corrected chi connectivity index (χ3v) is 4.19. The van der Waals surface area contributed by atoms with Gasteiger partial charge in [0.2, 0.25) is 0 Å². The normalized spacial score (nSPS) is 16.6. The van der Waals surface area contributed by atoms with Gasteiger partial charge in [0, 0.05) is 17.6 Å². The average molecular weight is 312 g/mol. The fraction of sp³-hybridized carbons (Fsp3) is 0.500. The summed E-state index contributed by atoms with van der Waals surface area (Å²) in [5.74, 6) is -0.861. The Hall–Kier alpha value is -1.03. The van der Waals surface area contributed by atoms with Crippen LogP contribution in [0.4, 0.5) is 5.69 Å². The van der Waals surface area contributed by atoms with E-state index in [2.05, 4.69) is 20.8 Å². The van der Waals surface area contributed by atoms with Crippen LogP contribution < -0.4 is 4.90 Å². The van der Waals surface area contributed by atoms with Crippen molar-refractivity contribution in [2.45, 2.75) is 38.1 Å². The second-order valence-electron chi connectivity index (χ2n) is 4.87. The third-order valence-electron chi connectivity index (χ3n) is 3.69. The molecule has 0 radical (unpaired) electrons. The van der Waals surface area contributed by atoms with Gasteiger partial charge in [-0.3, -0.25) is 0 Å². The first-order valence-electron chi connectivity index (χ1n) is 6.35. The van der Waals surface area contributed by atoms with Crippen LogP contribution in [0.3, 0.4) is 0 Å². The van der Waals surface area contributed by atoms with E-state index in [1.807, 2.05) is 13.1 Å². The molecule has 2 rings (SSSR count). The zero-order valence-corrected chi connectivity index (χ0v) is 12.1. The van der Waals surface area contributed by atoms with E-state index >= 15 is 0 Å². The van der Waals surface area contributed by atoms with Crippen molar-refractivity contribution in [2.75, 3.05) is 11.9 Å². The van der Waals surface area contributed by atoms with Gasteiger partial charge < -0.3 is 10.0 Å². The highest BCUT2D eigenvalue weighted by atomic mass is 79.9. The van der Waals surface area contributed by atoms with Gasteiger partial charge in [-0.05, 0) is 31.0 Å². The van der Waals surface area contributed by atoms with Crippen molar-refractivity contribution < 1.29 is 9.90 Å². The largest absolute Gasteiger partial charge is 0.478 e. The summed E-state index contributed by atoms with van der Waals surface area (Å²) in [6.45, 7) is 0. The van der Waals surface area contributed by atoms with Gasteiger partial charge in [0.1, 0.15) is 0 Å². The van der Waals surface area contributed by atoms with E-state index in [-0.39, 0.29) is 0 Å². The Labute approximate surface area is 116 Å². The zero-order valence-electron chi connectivity index (χ0n) is 10.5. The molecule has 0 bridgehead atoms. The van der Waals surface area contributed by atoms with Crippen molar-refractivity contribution >= 4 is 27.6 Å². The molecular formula is C14H18BrNO2. The standard InChI is InChI=1S/C14H18BrNO2/c1-16(11-5-3-2-4-6-11)13-9-10(15)7-8-12(13)14(17)18/h7-9,11H,2-6H2,1H3,(H,17,18). The number of rotatable bonds is 3. The molecule has 1 N–H and O–H groups in total. The Balaban J connectivity index is 2.30. The van der Waals surface area contributed by atoms with Crippen LogP contribution in [0.2, 0.25) is 0 Å². The highest BCUT2D eigenvalue weighted by Gasteiger charge is 2.22. The van der Waals surface area contributed by atoms with Crippen LogP contribution >= 0.6 is 15.9 Å². The number of benzene rings is 1. The van der Waals surface area contributed by atoms with Crippen LogP contribution in [0.25, 0.3) is 0 Å². The van der Waals surface area contributed by atoms with E-state index in [4.69, 9.17) is 0 Å². The summed E-state index contributed by atoms with van der Waals surface area (Å²) in [7, 11) is 2.00. The first kappa shape index (κ1) is 13.4. The quantitative estimate of drug-likeness (QED) is 0.920. The molecule has 0 heterocycles. The molecule has 1 saturated carbocycles. The predicted octanol–water partition coefficient (Wildman–Crippen LogP) is 3.92. The zero-order chi connectivity index (χ0) is 13.1. The fourth-order valence-corrected chi connectivity index (χ4v) is 2.99. The second-order valence-corrected chi connectivity index (χ2v) is 5.79. The summed E-state index contributed by atoms with van der Waals surface area (Å²) in [5.41, 5.74) is 1.19. The first-order valence-corrected chi connectivity index (χ1v) is 7.14. The maximum Gasteiger partial charge on any atom is 0.337 e. The Morgan fingerprint density at radius 1 is 1.33 bits per heavy atom. The Bertz CT molecular complexity index is 441. The molecule has 3 nitrogen and oxygen atoms in total. The third kappa shape index (κ3) is 2.86.